The molecule has 0 aliphatic heterocycles. The van der Waals surface area contributed by atoms with Crippen molar-refractivity contribution in [2.45, 2.75) is 57.1 Å². The number of halogens is 3. The third kappa shape index (κ3) is 7.74. The van der Waals surface area contributed by atoms with E-state index in [1.54, 1.807) is 49.4 Å². The van der Waals surface area contributed by atoms with Crippen molar-refractivity contribution < 1.29 is 22.4 Å². The number of benzene rings is 3. The molecule has 0 saturated heterocycles. The molecule has 0 heterocycles. The molecule has 3 aromatic rings. The average molecular weight is 609 g/mol. The van der Waals surface area contributed by atoms with Crippen LogP contribution in [-0.2, 0) is 26.2 Å². The largest absolute Gasteiger partial charge is 0.352 e. The number of hydrogen-bond acceptors (Lipinski definition) is 4. The molecular formula is C29H32Cl2FN3O4S. The molecule has 40 heavy (non-hydrogen) atoms. The molecule has 0 fully saturated rings. The second-order valence-corrected chi connectivity index (χ2v) is 12.0. The van der Waals surface area contributed by atoms with Crippen LogP contribution in [0, 0.1) is 5.82 Å². The van der Waals surface area contributed by atoms with Gasteiger partial charge >= 0.3 is 0 Å². The summed E-state index contributed by atoms with van der Waals surface area (Å²) in [5, 5.41) is 3.14. The normalized spacial score (nSPS) is 12.8. The van der Waals surface area contributed by atoms with Gasteiger partial charge < -0.3 is 10.2 Å². The summed E-state index contributed by atoms with van der Waals surface area (Å²) in [6, 6.07) is 16.8. The number of hydrogen-bond donors (Lipinski definition) is 1. The molecule has 0 radical (unpaired) electrons. The van der Waals surface area contributed by atoms with Crippen LogP contribution >= 0.6 is 23.2 Å². The highest BCUT2D eigenvalue weighted by Crippen LogP contribution is 2.28. The van der Waals surface area contributed by atoms with Gasteiger partial charge in [0.15, 0.2) is 0 Å². The Morgan fingerprint density at radius 1 is 0.950 bits per heavy atom. The number of anilines is 1. The lowest BCUT2D eigenvalue weighted by Gasteiger charge is -2.33. The Kier molecular flexibility index (Phi) is 11.0. The third-order valence-electron chi connectivity index (χ3n) is 6.45. The monoisotopic (exact) mass is 607 g/mol. The van der Waals surface area contributed by atoms with E-state index in [9.17, 15) is 22.4 Å². The molecule has 11 heteroatoms. The second-order valence-electron chi connectivity index (χ2n) is 9.31. The van der Waals surface area contributed by atoms with Crippen LogP contribution in [0.15, 0.2) is 77.7 Å². The molecule has 0 aromatic heterocycles. The summed E-state index contributed by atoms with van der Waals surface area (Å²) in [6.45, 7) is 4.96. The van der Waals surface area contributed by atoms with E-state index < -0.39 is 34.3 Å². The van der Waals surface area contributed by atoms with E-state index in [2.05, 4.69) is 5.32 Å². The first-order valence-electron chi connectivity index (χ1n) is 12.8. The molecule has 0 bridgehead atoms. The molecule has 0 spiro atoms. The van der Waals surface area contributed by atoms with Crippen LogP contribution in [0.1, 0.15) is 39.2 Å². The lowest BCUT2D eigenvalue weighted by atomic mass is 10.1. The minimum atomic E-state index is -4.28. The van der Waals surface area contributed by atoms with E-state index >= 15 is 0 Å². The minimum Gasteiger partial charge on any atom is -0.352 e. The summed E-state index contributed by atoms with van der Waals surface area (Å²) < 4.78 is 42.4. The number of nitrogens with zero attached hydrogens (tertiary/aromatic N) is 2. The summed E-state index contributed by atoms with van der Waals surface area (Å²) in [5.74, 6) is -1.70. The van der Waals surface area contributed by atoms with Gasteiger partial charge in [0.25, 0.3) is 10.0 Å². The van der Waals surface area contributed by atoms with E-state index in [0.29, 0.717) is 17.0 Å². The van der Waals surface area contributed by atoms with Crippen LogP contribution in [0.3, 0.4) is 0 Å². The summed E-state index contributed by atoms with van der Waals surface area (Å²) in [4.78, 5) is 28.6. The lowest BCUT2D eigenvalue weighted by molar-refractivity contribution is -0.140. The summed E-state index contributed by atoms with van der Waals surface area (Å²) in [7, 11) is -4.28. The first-order valence-corrected chi connectivity index (χ1v) is 15.0. The van der Waals surface area contributed by atoms with Crippen molar-refractivity contribution in [1.82, 2.24) is 10.2 Å². The number of carbonyl (C=O) groups excluding carboxylic acids is 2. The van der Waals surface area contributed by atoms with E-state index in [0.717, 1.165) is 16.4 Å². The fourth-order valence-corrected chi connectivity index (χ4v) is 5.76. The quantitative estimate of drug-likeness (QED) is 0.271. The van der Waals surface area contributed by atoms with Gasteiger partial charge in [0.05, 0.1) is 15.6 Å². The average Bonchev–Trinajstić information content (AvgIpc) is 2.94. The van der Waals surface area contributed by atoms with Crippen molar-refractivity contribution >= 4 is 50.7 Å². The van der Waals surface area contributed by atoms with E-state index in [4.69, 9.17) is 23.2 Å². The molecule has 2 unspecified atom stereocenters. The van der Waals surface area contributed by atoms with Crippen LogP contribution in [0.2, 0.25) is 10.0 Å². The van der Waals surface area contributed by atoms with Crippen molar-refractivity contribution in [1.29, 1.82) is 0 Å². The number of sulfonamides is 1. The van der Waals surface area contributed by atoms with Crippen molar-refractivity contribution in [3.05, 3.63) is 94.2 Å². The standard InChI is InChI=1S/C29H32Cl2FN3O4S/c1-4-20(3)33-29(37)27(5-2)34(18-21-11-13-22(30)14-12-21)28(36)19-35(23-15-16-26(32)25(31)17-23)40(38,39)24-9-7-6-8-10-24/h6-17,20,27H,4-5,18-19H2,1-3H3,(H,33,37). The summed E-state index contributed by atoms with van der Waals surface area (Å²) in [5.41, 5.74) is 0.710. The van der Waals surface area contributed by atoms with Crippen LogP contribution in [-0.4, -0.2) is 43.8 Å². The molecule has 2 atom stereocenters. The molecule has 214 valence electrons. The SMILES string of the molecule is CCC(C)NC(=O)C(CC)N(Cc1ccc(Cl)cc1)C(=O)CN(c1ccc(F)c(Cl)c1)S(=O)(=O)c1ccccc1. The van der Waals surface area contributed by atoms with E-state index in [-0.39, 0.29) is 40.5 Å². The Bertz CT molecular complexity index is 1420. The zero-order valence-electron chi connectivity index (χ0n) is 22.5. The van der Waals surface area contributed by atoms with Gasteiger partial charge in [0.2, 0.25) is 11.8 Å². The van der Waals surface area contributed by atoms with Gasteiger partial charge in [-0.05, 0) is 67.8 Å². The Balaban J connectivity index is 2.06. The van der Waals surface area contributed by atoms with Gasteiger partial charge in [-0.15, -0.1) is 0 Å². The Morgan fingerprint density at radius 3 is 2.17 bits per heavy atom. The fraction of sp³-hybridized carbons (Fsp3) is 0.310. The zero-order chi connectivity index (χ0) is 29.4. The van der Waals surface area contributed by atoms with Gasteiger partial charge in [-0.25, -0.2) is 12.8 Å². The Morgan fingerprint density at radius 2 is 1.60 bits per heavy atom. The molecule has 0 saturated carbocycles. The molecule has 3 rings (SSSR count). The van der Waals surface area contributed by atoms with Crippen LogP contribution < -0.4 is 9.62 Å². The Labute approximate surface area is 244 Å². The van der Waals surface area contributed by atoms with E-state index in [1.165, 1.54) is 23.1 Å². The van der Waals surface area contributed by atoms with Crippen molar-refractivity contribution in [3.8, 4) is 0 Å². The Hall–Kier alpha value is -3.14. The second kappa shape index (κ2) is 14.0. The molecule has 0 aliphatic rings. The van der Waals surface area contributed by atoms with Gasteiger partial charge in [0, 0.05) is 17.6 Å². The smallest absolute Gasteiger partial charge is 0.264 e. The molecule has 7 nitrogen and oxygen atoms in total. The van der Waals surface area contributed by atoms with Crippen LogP contribution in [0.5, 0.6) is 0 Å². The summed E-state index contributed by atoms with van der Waals surface area (Å²) in [6.07, 6.45) is 0.983. The van der Waals surface area contributed by atoms with Crippen molar-refractivity contribution in [2.75, 3.05) is 10.8 Å². The first kappa shape index (κ1) is 31.4. The highest BCUT2D eigenvalue weighted by Gasteiger charge is 2.34. The highest BCUT2D eigenvalue weighted by molar-refractivity contribution is 7.92. The first-order chi connectivity index (χ1) is 19.0. The highest BCUT2D eigenvalue weighted by atomic mass is 35.5. The molecule has 2 amide bonds. The van der Waals surface area contributed by atoms with Gasteiger partial charge in [-0.1, -0.05) is 67.4 Å². The number of carbonyl (C=O) groups is 2. The van der Waals surface area contributed by atoms with E-state index in [1.807, 2.05) is 13.8 Å². The van der Waals surface area contributed by atoms with Crippen LogP contribution in [0.25, 0.3) is 0 Å². The van der Waals surface area contributed by atoms with Crippen molar-refractivity contribution in [3.63, 3.8) is 0 Å². The van der Waals surface area contributed by atoms with Crippen molar-refractivity contribution in [2.24, 2.45) is 0 Å². The number of nitrogens with one attached hydrogen (secondary N) is 1. The lowest BCUT2D eigenvalue weighted by Crippen LogP contribution is -2.53. The number of amides is 2. The van der Waals surface area contributed by atoms with Gasteiger partial charge in [0.1, 0.15) is 18.4 Å². The maximum absolute atomic E-state index is 14.0. The molecule has 3 aromatic carbocycles. The van der Waals surface area contributed by atoms with Gasteiger partial charge in [-0.3, -0.25) is 13.9 Å². The molecular weight excluding hydrogens is 576 g/mol. The fourth-order valence-electron chi connectivity index (χ4n) is 4.04. The zero-order valence-corrected chi connectivity index (χ0v) is 24.8. The summed E-state index contributed by atoms with van der Waals surface area (Å²) >= 11 is 12.0. The van der Waals surface area contributed by atoms with Crippen LogP contribution in [0.4, 0.5) is 10.1 Å². The topological polar surface area (TPSA) is 86.8 Å². The predicted molar refractivity (Wildman–Crippen MR) is 156 cm³/mol. The van der Waals surface area contributed by atoms with Gasteiger partial charge in [-0.2, -0.15) is 0 Å². The maximum atomic E-state index is 14.0. The predicted octanol–water partition coefficient (Wildman–Crippen LogP) is 6.05. The minimum absolute atomic E-state index is 0.00662. The third-order valence-corrected chi connectivity index (χ3v) is 8.78. The number of rotatable bonds is 12. The maximum Gasteiger partial charge on any atom is 0.264 e. The molecule has 1 N–H and O–H groups in total. The molecule has 0 aliphatic carbocycles.